The predicted molar refractivity (Wildman–Crippen MR) is 261 cm³/mol. The van der Waals surface area contributed by atoms with Crippen molar-refractivity contribution in [3.8, 4) is 0 Å². The van der Waals surface area contributed by atoms with Crippen LogP contribution in [0.1, 0.15) is 94.5 Å². The van der Waals surface area contributed by atoms with Gasteiger partial charge in [0.05, 0.1) is 31.3 Å². The van der Waals surface area contributed by atoms with Gasteiger partial charge in [0.25, 0.3) is 11.8 Å². The molecule has 3 aromatic rings. The van der Waals surface area contributed by atoms with E-state index in [-0.39, 0.29) is 43.8 Å². The molecule has 3 aliphatic rings. The Kier molecular flexibility index (Phi) is 18.7. The van der Waals surface area contributed by atoms with Crippen LogP contribution in [0.3, 0.4) is 0 Å². The first-order chi connectivity index (χ1) is 34.0. The molecule has 0 saturated carbocycles. The molecule has 8 amide bonds. The number of nitrogens with zero attached hydrogens (tertiary/aromatic N) is 2. The first-order valence-electron chi connectivity index (χ1n) is 23.7. The Bertz CT molecular complexity index is 2410. The lowest BCUT2D eigenvalue weighted by Crippen LogP contribution is -2.65. The van der Waals surface area contributed by atoms with Gasteiger partial charge in [-0.3, -0.25) is 24.0 Å². The third-order valence-corrected chi connectivity index (χ3v) is 11.6. The summed E-state index contributed by atoms with van der Waals surface area (Å²) in [6.45, 7) is 13.7. The number of esters is 1. The highest BCUT2D eigenvalue weighted by atomic mass is 16.6. The van der Waals surface area contributed by atoms with Crippen LogP contribution in [0.25, 0.3) is 0 Å². The van der Waals surface area contributed by atoms with Gasteiger partial charge in [-0.05, 0) is 84.2 Å². The van der Waals surface area contributed by atoms with Crippen molar-refractivity contribution in [2.75, 3.05) is 20.2 Å². The first kappa shape index (κ1) is 55.2. The lowest BCUT2D eigenvalue weighted by atomic mass is 10.0. The summed E-state index contributed by atoms with van der Waals surface area (Å²) in [7, 11) is 1.15. The van der Waals surface area contributed by atoms with E-state index in [1.807, 2.05) is 25.1 Å². The largest absolute Gasteiger partial charge is 0.467 e. The zero-order valence-corrected chi connectivity index (χ0v) is 42.0. The summed E-state index contributed by atoms with van der Waals surface area (Å²) in [5, 5.41) is 16.3. The molecule has 3 heterocycles. The maximum absolute atomic E-state index is 13.8. The second kappa shape index (κ2) is 24.4. The quantitative estimate of drug-likeness (QED) is 0.106. The number of nitrogens with one attached hydrogen (secondary N) is 6. The number of hydrogen-bond acceptors (Lipinski definition) is 13. The van der Waals surface area contributed by atoms with E-state index in [2.05, 4.69) is 31.9 Å². The maximum atomic E-state index is 13.8. The van der Waals surface area contributed by atoms with Gasteiger partial charge in [-0.1, -0.05) is 80.6 Å². The molecule has 3 saturated heterocycles. The number of alkyl carbamates (subject to hydrolysis) is 3. The Hall–Kier alpha value is -7.71. The normalized spacial score (nSPS) is 21.8. The van der Waals surface area contributed by atoms with Gasteiger partial charge in [0.1, 0.15) is 35.9 Å². The second-order valence-electron chi connectivity index (χ2n) is 19.3. The number of amides is 8. The zero-order valence-electron chi connectivity index (χ0n) is 42.0. The van der Waals surface area contributed by atoms with Gasteiger partial charge < -0.3 is 60.6 Å². The molecule has 388 valence electrons. The number of piperazine rings is 1. The molecule has 21 heteroatoms. The maximum Gasteiger partial charge on any atom is 0.408 e. The minimum Gasteiger partial charge on any atom is -0.467 e. The monoisotopic (exact) mass is 998 g/mol. The van der Waals surface area contributed by atoms with Gasteiger partial charge in [0.2, 0.25) is 17.7 Å². The number of hydrogen-bond donors (Lipinski definition) is 6. The molecular formula is C51H66N8O13. The number of likely N-dealkylation sites (tertiary alicyclic amines) is 1. The van der Waals surface area contributed by atoms with Gasteiger partial charge in [0, 0.05) is 24.2 Å². The summed E-state index contributed by atoms with van der Waals surface area (Å²) in [4.78, 5) is 119. The fraction of sp³-hybridized carbons (Fsp3) is 0.471. The smallest absolute Gasteiger partial charge is 0.408 e. The van der Waals surface area contributed by atoms with Crippen LogP contribution in [0.4, 0.5) is 14.4 Å². The molecule has 0 unspecified atom stereocenters. The molecule has 8 atom stereocenters. The zero-order chi connectivity index (χ0) is 52.9. The molecule has 0 aliphatic carbocycles. The van der Waals surface area contributed by atoms with E-state index in [9.17, 15) is 43.2 Å². The van der Waals surface area contributed by atoms with Crippen LogP contribution in [0.5, 0.6) is 0 Å². The van der Waals surface area contributed by atoms with Crippen molar-refractivity contribution in [3.63, 3.8) is 0 Å². The summed E-state index contributed by atoms with van der Waals surface area (Å²) in [6.07, 6.45) is -1.74. The van der Waals surface area contributed by atoms with E-state index in [1.54, 1.807) is 121 Å². The molecule has 3 aromatic carbocycles. The molecule has 6 N–H and O–H groups in total. The SMILES string of the molecule is CC[C@@H]1NC(=O)[C@@H]2[C@H](NC(=O)OC(C)(C)C)[C@H](NC(=O)c3ccccc3)CN2C1=O.CC[C@H](NC(=O)OCc1ccccc1)C(=O)N1C[C@@H](NC(=O)c2ccccc2)[C@@H](NC(=O)OC(C)(C)C)[C@H]1C(=O)OC. The summed E-state index contributed by atoms with van der Waals surface area (Å²) in [5.41, 5.74) is -0.0181. The number of carbonyl (C=O) groups excluding carboxylic acids is 9. The Morgan fingerprint density at radius 3 is 1.62 bits per heavy atom. The van der Waals surface area contributed by atoms with Crippen LogP contribution in [-0.4, -0.2) is 143 Å². The van der Waals surface area contributed by atoms with E-state index >= 15 is 0 Å². The van der Waals surface area contributed by atoms with Crippen LogP contribution < -0.4 is 31.9 Å². The van der Waals surface area contributed by atoms with Gasteiger partial charge in [-0.15, -0.1) is 0 Å². The van der Waals surface area contributed by atoms with E-state index in [0.29, 0.717) is 17.5 Å². The summed E-state index contributed by atoms with van der Waals surface area (Å²) >= 11 is 0. The molecule has 6 rings (SSSR count). The van der Waals surface area contributed by atoms with E-state index < -0.39 is 95.6 Å². The predicted octanol–water partition coefficient (Wildman–Crippen LogP) is 3.56. The summed E-state index contributed by atoms with van der Waals surface area (Å²) in [6, 6.07) is 18.6. The molecule has 0 spiro atoms. The molecular weight excluding hydrogens is 933 g/mol. The highest BCUT2D eigenvalue weighted by molar-refractivity contribution is 6.00. The van der Waals surface area contributed by atoms with E-state index in [0.717, 1.165) is 12.7 Å². The topological polar surface area (TPSA) is 269 Å². The van der Waals surface area contributed by atoms with Crippen molar-refractivity contribution in [2.45, 2.75) is 134 Å². The fourth-order valence-corrected chi connectivity index (χ4v) is 8.30. The number of methoxy groups -OCH3 is 1. The molecule has 21 nitrogen and oxygen atoms in total. The third kappa shape index (κ3) is 14.9. The van der Waals surface area contributed by atoms with Crippen LogP contribution >= 0.6 is 0 Å². The number of carbonyl (C=O) groups is 9. The number of benzene rings is 3. The Morgan fingerprint density at radius 1 is 0.667 bits per heavy atom. The number of rotatable bonds is 13. The summed E-state index contributed by atoms with van der Waals surface area (Å²) < 4.78 is 21.0. The van der Waals surface area contributed by atoms with Crippen molar-refractivity contribution in [1.29, 1.82) is 0 Å². The van der Waals surface area contributed by atoms with Crippen LogP contribution in [0.15, 0.2) is 91.0 Å². The van der Waals surface area contributed by atoms with Gasteiger partial charge in [-0.2, -0.15) is 0 Å². The minimum atomic E-state index is -1.33. The van der Waals surface area contributed by atoms with Crippen molar-refractivity contribution >= 4 is 53.8 Å². The number of fused-ring (bicyclic) bond motifs is 1. The van der Waals surface area contributed by atoms with E-state index in [1.165, 1.54) is 9.80 Å². The molecule has 3 fully saturated rings. The lowest BCUT2D eigenvalue weighted by Gasteiger charge is -2.36. The van der Waals surface area contributed by atoms with E-state index in [4.69, 9.17) is 18.9 Å². The second-order valence-corrected chi connectivity index (χ2v) is 19.3. The average Bonchev–Trinajstić information content (AvgIpc) is 3.87. The van der Waals surface area contributed by atoms with Crippen molar-refractivity contribution < 1.29 is 62.1 Å². The Balaban J connectivity index is 0.000000282. The molecule has 3 aliphatic heterocycles. The highest BCUT2D eigenvalue weighted by Gasteiger charge is 2.54. The van der Waals surface area contributed by atoms with Gasteiger partial charge >= 0.3 is 24.2 Å². The Labute approximate surface area is 418 Å². The fourth-order valence-electron chi connectivity index (χ4n) is 8.30. The van der Waals surface area contributed by atoms with Crippen molar-refractivity contribution in [2.24, 2.45) is 0 Å². The standard InChI is InChI=1S/C30H38N4O8.C21H28N4O5/c1-6-21(32-28(38)41-18-19-13-9-7-10-14-19)26(36)34-17-22(31-25(35)20-15-11-8-12-16-20)23(24(34)27(37)40-5)33-29(39)42-30(2,3)4;1-5-13-19(28)25-11-14(23-17(26)12-9-7-6-8-10-12)15(16(25)18(27)22-13)24-20(29)30-21(2,3)4/h7-16,21-24H,6,17-18H2,1-5H3,(H,31,35)(H,32,38)(H,33,39);6-10,13-16H,5,11H2,1-4H3,(H,22,27)(H,23,26)(H,24,29)/t21-,22+,23+,24-;13-,14+,15+,16-/m00/s1. The van der Waals surface area contributed by atoms with Crippen LogP contribution in [0.2, 0.25) is 0 Å². The minimum absolute atomic E-state index is 0.00126. The highest BCUT2D eigenvalue weighted by Crippen LogP contribution is 2.26. The molecule has 72 heavy (non-hydrogen) atoms. The summed E-state index contributed by atoms with van der Waals surface area (Å²) in [5.74, 6) is -2.84. The third-order valence-electron chi connectivity index (χ3n) is 11.6. The van der Waals surface area contributed by atoms with Crippen molar-refractivity contribution in [1.82, 2.24) is 41.7 Å². The first-order valence-corrected chi connectivity index (χ1v) is 23.7. The average molecular weight is 999 g/mol. The lowest BCUT2D eigenvalue weighted by molar-refractivity contribution is -0.152. The molecule has 0 aromatic heterocycles. The van der Waals surface area contributed by atoms with Crippen LogP contribution in [-0.2, 0) is 44.7 Å². The number of ether oxygens (including phenoxy) is 4. The Morgan fingerprint density at radius 2 is 1.15 bits per heavy atom. The van der Waals surface area contributed by atoms with Gasteiger partial charge in [0.15, 0.2) is 6.04 Å². The molecule has 0 bridgehead atoms. The van der Waals surface area contributed by atoms with Gasteiger partial charge in [-0.25, -0.2) is 19.2 Å². The van der Waals surface area contributed by atoms with Crippen molar-refractivity contribution in [3.05, 3.63) is 108 Å². The molecule has 0 radical (unpaired) electrons. The van der Waals surface area contributed by atoms with Crippen LogP contribution in [0, 0.1) is 0 Å².